The molecule has 2 aromatic heterocycles. The summed E-state index contributed by atoms with van der Waals surface area (Å²) in [6, 6.07) is 23.8. The van der Waals surface area contributed by atoms with Crippen LogP contribution in [0.2, 0.25) is 0 Å². The average Bonchev–Trinajstić information content (AvgIpc) is 2.98. The monoisotopic (exact) mass is 339 g/mol. The van der Waals surface area contributed by atoms with Gasteiger partial charge in [-0.25, -0.2) is 9.38 Å². The Morgan fingerprint density at radius 1 is 0.846 bits per heavy atom. The lowest BCUT2D eigenvalue weighted by molar-refractivity contribution is 0.832. The molecule has 0 bridgehead atoms. The molecule has 0 N–H and O–H groups in total. The summed E-state index contributed by atoms with van der Waals surface area (Å²) in [6.07, 6.45) is 0. The fraction of sp³-hybridized carbons (Fsp3) is 0.0909. The standard InChI is InChI=1S/C22H17N3O/c1-15-8-2-3-9-16(15)14-24-19-12-6-7-13-20(19)25-21(26)17-10-4-5-11-18(17)23-22(24)25/h2-13H,14H2,1H3. The summed E-state index contributed by atoms with van der Waals surface area (Å²) >= 11 is 0. The number of nitrogens with zero attached hydrogens (tertiary/aromatic N) is 3. The Morgan fingerprint density at radius 2 is 1.54 bits per heavy atom. The second-order valence-corrected chi connectivity index (χ2v) is 6.57. The van der Waals surface area contributed by atoms with Gasteiger partial charge in [-0.2, -0.15) is 0 Å². The van der Waals surface area contributed by atoms with Gasteiger partial charge in [0.2, 0.25) is 5.78 Å². The summed E-state index contributed by atoms with van der Waals surface area (Å²) in [6.45, 7) is 2.78. The second-order valence-electron chi connectivity index (χ2n) is 6.57. The molecule has 126 valence electrons. The van der Waals surface area contributed by atoms with Gasteiger partial charge >= 0.3 is 0 Å². The Morgan fingerprint density at radius 3 is 2.38 bits per heavy atom. The molecule has 0 aliphatic carbocycles. The van der Waals surface area contributed by atoms with Crippen molar-refractivity contribution in [2.45, 2.75) is 13.5 Å². The molecule has 0 radical (unpaired) electrons. The van der Waals surface area contributed by atoms with Gasteiger partial charge in [0.15, 0.2) is 0 Å². The third-order valence-corrected chi connectivity index (χ3v) is 5.00. The van der Waals surface area contributed by atoms with E-state index in [1.165, 1.54) is 11.1 Å². The highest BCUT2D eigenvalue weighted by Gasteiger charge is 2.16. The predicted molar refractivity (Wildman–Crippen MR) is 105 cm³/mol. The van der Waals surface area contributed by atoms with Gasteiger partial charge in [0, 0.05) is 0 Å². The second kappa shape index (κ2) is 5.56. The third-order valence-electron chi connectivity index (χ3n) is 5.00. The molecule has 5 aromatic rings. The lowest BCUT2D eigenvalue weighted by atomic mass is 10.1. The first-order chi connectivity index (χ1) is 12.7. The van der Waals surface area contributed by atoms with E-state index in [1.54, 1.807) is 4.40 Å². The lowest BCUT2D eigenvalue weighted by Crippen LogP contribution is -2.15. The molecule has 26 heavy (non-hydrogen) atoms. The van der Waals surface area contributed by atoms with E-state index >= 15 is 0 Å². The Hall–Kier alpha value is -3.40. The highest BCUT2D eigenvalue weighted by atomic mass is 16.1. The van der Waals surface area contributed by atoms with Crippen LogP contribution >= 0.6 is 0 Å². The van der Waals surface area contributed by atoms with Crippen LogP contribution in [0.25, 0.3) is 27.7 Å². The van der Waals surface area contributed by atoms with Crippen molar-refractivity contribution in [3.05, 3.63) is 94.3 Å². The number of benzene rings is 3. The van der Waals surface area contributed by atoms with Gasteiger partial charge in [0.05, 0.1) is 28.5 Å². The molecule has 0 saturated heterocycles. The normalized spacial score (nSPS) is 11.6. The van der Waals surface area contributed by atoms with E-state index in [0.29, 0.717) is 17.7 Å². The number of fused-ring (bicyclic) bond motifs is 4. The van der Waals surface area contributed by atoms with Crippen molar-refractivity contribution in [2.75, 3.05) is 0 Å². The molecule has 4 heteroatoms. The Balaban J connectivity index is 1.92. The van der Waals surface area contributed by atoms with Crippen molar-refractivity contribution in [3.63, 3.8) is 0 Å². The molecule has 4 nitrogen and oxygen atoms in total. The maximum absolute atomic E-state index is 13.1. The molecular weight excluding hydrogens is 322 g/mol. The topological polar surface area (TPSA) is 39.3 Å². The molecule has 0 fully saturated rings. The minimum atomic E-state index is -0.0228. The fourth-order valence-corrected chi connectivity index (χ4v) is 3.62. The lowest BCUT2D eigenvalue weighted by Gasteiger charge is -2.09. The predicted octanol–water partition coefficient (Wildman–Crippen LogP) is 4.16. The fourth-order valence-electron chi connectivity index (χ4n) is 3.62. The summed E-state index contributed by atoms with van der Waals surface area (Å²) in [4.78, 5) is 18.0. The maximum atomic E-state index is 13.1. The van der Waals surface area contributed by atoms with Crippen LogP contribution in [0.1, 0.15) is 11.1 Å². The Bertz CT molecular complexity index is 1340. The van der Waals surface area contributed by atoms with Crippen LogP contribution in [-0.2, 0) is 6.54 Å². The van der Waals surface area contributed by atoms with Gasteiger partial charge in [-0.3, -0.25) is 4.79 Å². The Labute approximate surface area is 150 Å². The maximum Gasteiger partial charge on any atom is 0.267 e. The highest BCUT2D eigenvalue weighted by molar-refractivity contribution is 5.86. The number of aryl methyl sites for hydroxylation is 1. The van der Waals surface area contributed by atoms with Crippen molar-refractivity contribution >= 4 is 27.7 Å². The zero-order valence-electron chi connectivity index (χ0n) is 14.4. The van der Waals surface area contributed by atoms with Crippen LogP contribution in [0.15, 0.2) is 77.6 Å². The molecular formula is C22H17N3O. The van der Waals surface area contributed by atoms with Crippen LogP contribution in [-0.4, -0.2) is 14.0 Å². The summed E-state index contributed by atoms with van der Waals surface area (Å²) < 4.78 is 3.86. The first-order valence-corrected chi connectivity index (χ1v) is 8.67. The van der Waals surface area contributed by atoms with Gasteiger partial charge in [-0.15, -0.1) is 0 Å². The first kappa shape index (κ1) is 14.9. The minimum Gasteiger partial charge on any atom is -0.305 e. The van der Waals surface area contributed by atoms with Crippen molar-refractivity contribution in [2.24, 2.45) is 0 Å². The van der Waals surface area contributed by atoms with Gasteiger partial charge in [0.25, 0.3) is 5.56 Å². The first-order valence-electron chi connectivity index (χ1n) is 8.67. The van der Waals surface area contributed by atoms with Crippen LogP contribution in [0.3, 0.4) is 0 Å². The van der Waals surface area contributed by atoms with Gasteiger partial charge in [0.1, 0.15) is 0 Å². The van der Waals surface area contributed by atoms with E-state index in [1.807, 2.05) is 60.7 Å². The quantitative estimate of drug-likeness (QED) is 0.484. The van der Waals surface area contributed by atoms with Gasteiger partial charge < -0.3 is 4.57 Å². The summed E-state index contributed by atoms with van der Waals surface area (Å²) in [5.41, 5.74) is 5.05. The number of hydrogen-bond acceptors (Lipinski definition) is 2. The highest BCUT2D eigenvalue weighted by Crippen LogP contribution is 2.22. The molecule has 0 aliphatic heterocycles. The largest absolute Gasteiger partial charge is 0.305 e. The van der Waals surface area contributed by atoms with Crippen LogP contribution in [0.4, 0.5) is 0 Å². The summed E-state index contributed by atoms with van der Waals surface area (Å²) in [7, 11) is 0. The molecule has 2 heterocycles. The van der Waals surface area contributed by atoms with Gasteiger partial charge in [-0.05, 0) is 42.3 Å². The van der Waals surface area contributed by atoms with E-state index < -0.39 is 0 Å². The van der Waals surface area contributed by atoms with Crippen LogP contribution in [0.5, 0.6) is 0 Å². The van der Waals surface area contributed by atoms with Crippen LogP contribution < -0.4 is 5.56 Å². The minimum absolute atomic E-state index is 0.0228. The molecule has 3 aromatic carbocycles. The van der Waals surface area contributed by atoms with E-state index in [4.69, 9.17) is 4.98 Å². The number of rotatable bonds is 2. The summed E-state index contributed by atoms with van der Waals surface area (Å²) in [5, 5.41) is 0.642. The number of para-hydroxylation sites is 3. The van der Waals surface area contributed by atoms with E-state index in [2.05, 4.69) is 23.6 Å². The summed E-state index contributed by atoms with van der Waals surface area (Å²) in [5.74, 6) is 0.679. The zero-order valence-corrected chi connectivity index (χ0v) is 14.4. The molecule has 0 aliphatic rings. The molecule has 0 atom stereocenters. The van der Waals surface area contributed by atoms with E-state index in [9.17, 15) is 4.79 Å². The molecule has 0 unspecified atom stereocenters. The van der Waals surface area contributed by atoms with Crippen LogP contribution in [0, 0.1) is 6.92 Å². The number of aromatic nitrogens is 3. The zero-order chi connectivity index (χ0) is 17.7. The Kier molecular flexibility index (Phi) is 3.19. The van der Waals surface area contributed by atoms with E-state index in [-0.39, 0.29) is 5.56 Å². The molecule has 0 saturated carbocycles. The third kappa shape index (κ3) is 2.09. The van der Waals surface area contributed by atoms with Crippen molar-refractivity contribution < 1.29 is 0 Å². The SMILES string of the molecule is Cc1ccccc1Cn1c2ccccc2n2c(=O)c3ccccc3nc12. The number of imidazole rings is 1. The van der Waals surface area contributed by atoms with Crippen molar-refractivity contribution in [1.29, 1.82) is 0 Å². The smallest absolute Gasteiger partial charge is 0.267 e. The molecule has 0 amide bonds. The average molecular weight is 339 g/mol. The van der Waals surface area contributed by atoms with Gasteiger partial charge in [-0.1, -0.05) is 48.5 Å². The van der Waals surface area contributed by atoms with Crippen molar-refractivity contribution in [1.82, 2.24) is 14.0 Å². The van der Waals surface area contributed by atoms with Crippen molar-refractivity contribution in [3.8, 4) is 0 Å². The number of hydrogen-bond donors (Lipinski definition) is 0. The molecule has 0 spiro atoms. The molecule has 5 rings (SSSR count). The van der Waals surface area contributed by atoms with E-state index in [0.717, 1.165) is 16.6 Å².